The van der Waals surface area contributed by atoms with E-state index in [0.29, 0.717) is 48.7 Å². The lowest BCUT2D eigenvalue weighted by Gasteiger charge is -2.63. The van der Waals surface area contributed by atoms with Gasteiger partial charge < -0.3 is 20.3 Å². The molecular weight excluding hydrogens is 450 g/mol. The van der Waals surface area contributed by atoms with Crippen LogP contribution in [0.2, 0.25) is 0 Å². The number of carbonyl (C=O) groups is 1. The molecule has 4 rings (SSSR count). The molecule has 5 nitrogen and oxygen atoms in total. The lowest BCUT2D eigenvalue weighted by molar-refractivity contribution is -0.175. The zero-order valence-electron chi connectivity index (χ0n) is 22.1. The molecule has 198 valence electrons. The maximum absolute atomic E-state index is 13.1. The Morgan fingerprint density at radius 1 is 1.06 bits per heavy atom. The summed E-state index contributed by atoms with van der Waals surface area (Å²) in [7, 11) is 0. The van der Waals surface area contributed by atoms with Gasteiger partial charge in [-0.15, -0.1) is 12.4 Å². The Morgan fingerprint density at radius 3 is 2.47 bits per heavy atom. The molecule has 0 aromatic carbocycles. The highest BCUT2D eigenvalue weighted by Crippen LogP contribution is 2.67. The Labute approximate surface area is 213 Å². The number of nitrogens with one attached hydrogen (secondary N) is 1. The van der Waals surface area contributed by atoms with Gasteiger partial charge >= 0.3 is 5.97 Å². The average molecular weight is 500 g/mol. The third kappa shape index (κ3) is 4.93. The van der Waals surface area contributed by atoms with Crippen LogP contribution in [0.25, 0.3) is 0 Å². The predicted octanol–water partition coefficient (Wildman–Crippen LogP) is 4.97. The maximum atomic E-state index is 13.1. The number of hydrogen-bond acceptors (Lipinski definition) is 5. The Balaban J connectivity index is 0.00000324. The summed E-state index contributed by atoms with van der Waals surface area (Å²) in [5, 5.41) is 25.1. The van der Waals surface area contributed by atoms with E-state index in [1.165, 1.54) is 6.42 Å². The number of carbonyl (C=O) groups excluding carboxylic acids is 1. The quantitative estimate of drug-likeness (QED) is 0.431. The highest BCUT2D eigenvalue weighted by atomic mass is 35.5. The summed E-state index contributed by atoms with van der Waals surface area (Å²) in [4.78, 5) is 13.1. The van der Waals surface area contributed by atoms with E-state index < -0.39 is 12.2 Å². The topological polar surface area (TPSA) is 78.8 Å². The molecule has 0 amide bonds. The molecule has 6 heteroatoms. The maximum Gasteiger partial charge on any atom is 0.309 e. The zero-order valence-corrected chi connectivity index (χ0v) is 22.9. The Hall–Kier alpha value is -0.360. The first-order valence-corrected chi connectivity index (χ1v) is 13.9. The molecule has 0 spiro atoms. The van der Waals surface area contributed by atoms with Crippen molar-refractivity contribution in [3.63, 3.8) is 0 Å². The summed E-state index contributed by atoms with van der Waals surface area (Å²) in [5.41, 5.74) is 0.0245. The molecule has 34 heavy (non-hydrogen) atoms. The van der Waals surface area contributed by atoms with Gasteiger partial charge in [-0.05, 0) is 105 Å². The highest BCUT2D eigenvalue weighted by molar-refractivity contribution is 5.85. The van der Waals surface area contributed by atoms with Gasteiger partial charge in [-0.25, -0.2) is 0 Å². The number of esters is 1. The third-order valence-electron chi connectivity index (χ3n) is 10.5. The smallest absolute Gasteiger partial charge is 0.309 e. The van der Waals surface area contributed by atoms with Crippen LogP contribution in [0, 0.1) is 46.3 Å². The largest absolute Gasteiger partial charge is 0.465 e. The molecule has 5 unspecified atom stereocenters. The van der Waals surface area contributed by atoms with Crippen LogP contribution >= 0.6 is 12.4 Å². The van der Waals surface area contributed by atoms with Crippen LogP contribution in [0.3, 0.4) is 0 Å². The van der Waals surface area contributed by atoms with Crippen LogP contribution in [0.1, 0.15) is 92.4 Å². The highest BCUT2D eigenvalue weighted by Gasteiger charge is 2.64. The van der Waals surface area contributed by atoms with Gasteiger partial charge in [0.05, 0.1) is 24.7 Å². The summed E-state index contributed by atoms with van der Waals surface area (Å²) < 4.78 is 5.68. The van der Waals surface area contributed by atoms with Crippen molar-refractivity contribution in [3.05, 3.63) is 0 Å². The van der Waals surface area contributed by atoms with Gasteiger partial charge in [0.2, 0.25) is 0 Å². The van der Waals surface area contributed by atoms with Crippen molar-refractivity contribution in [2.75, 3.05) is 13.2 Å². The van der Waals surface area contributed by atoms with Crippen LogP contribution in [-0.4, -0.2) is 47.6 Å². The van der Waals surface area contributed by atoms with Crippen LogP contribution in [0.4, 0.5) is 0 Å². The molecule has 0 heterocycles. The van der Waals surface area contributed by atoms with Crippen molar-refractivity contribution in [2.24, 2.45) is 46.3 Å². The molecule has 0 aromatic heterocycles. The SMILES string of the molecule is CCCOC(=O)C1CC[C@H]2[C@@H]3CCC4CC(O)C(O)C[C@]4(C)[C@@H]3C(NCCC(C)C)C[C@]12C.Cl. The molecule has 3 N–H and O–H groups in total. The Bertz CT molecular complexity index is 704. The van der Waals surface area contributed by atoms with Gasteiger partial charge in [0.25, 0.3) is 0 Å². The molecule has 0 radical (unpaired) electrons. The van der Waals surface area contributed by atoms with Crippen molar-refractivity contribution in [3.8, 4) is 0 Å². The van der Waals surface area contributed by atoms with E-state index in [9.17, 15) is 15.0 Å². The minimum absolute atomic E-state index is 0. The second kappa shape index (κ2) is 10.9. The Kier molecular flexibility index (Phi) is 9.08. The lowest BCUT2D eigenvalue weighted by atomic mass is 9.43. The number of aliphatic hydroxyl groups is 2. The van der Waals surface area contributed by atoms with E-state index in [0.717, 1.165) is 51.5 Å². The van der Waals surface area contributed by atoms with Crippen molar-refractivity contribution in [1.29, 1.82) is 0 Å². The Morgan fingerprint density at radius 2 is 1.79 bits per heavy atom. The first kappa shape index (κ1) is 28.2. The summed E-state index contributed by atoms with van der Waals surface area (Å²) in [6.07, 6.45) is 7.67. The summed E-state index contributed by atoms with van der Waals surface area (Å²) in [6, 6.07) is 0.352. The first-order valence-electron chi connectivity index (χ1n) is 13.9. The van der Waals surface area contributed by atoms with Gasteiger partial charge in [-0.1, -0.05) is 34.6 Å². The average Bonchev–Trinajstić information content (AvgIpc) is 3.09. The van der Waals surface area contributed by atoms with E-state index in [1.807, 2.05) is 0 Å². The molecule has 4 saturated carbocycles. The van der Waals surface area contributed by atoms with Gasteiger partial charge in [0, 0.05) is 6.04 Å². The van der Waals surface area contributed by atoms with Crippen molar-refractivity contribution >= 4 is 18.4 Å². The van der Waals surface area contributed by atoms with Crippen LogP contribution in [0.5, 0.6) is 0 Å². The molecule has 10 atom stereocenters. The van der Waals surface area contributed by atoms with E-state index in [-0.39, 0.29) is 35.1 Å². The molecule has 0 saturated heterocycles. The summed E-state index contributed by atoms with van der Waals surface area (Å²) in [5.74, 6) is 2.78. The number of hydrogen-bond donors (Lipinski definition) is 3. The molecule has 0 bridgehead atoms. The normalized spacial score (nSPS) is 45.6. The van der Waals surface area contributed by atoms with E-state index in [4.69, 9.17) is 4.74 Å². The van der Waals surface area contributed by atoms with Crippen LogP contribution < -0.4 is 5.32 Å². The summed E-state index contributed by atoms with van der Waals surface area (Å²) >= 11 is 0. The third-order valence-corrected chi connectivity index (χ3v) is 10.5. The van der Waals surface area contributed by atoms with Crippen LogP contribution in [0.15, 0.2) is 0 Å². The van der Waals surface area contributed by atoms with Crippen molar-refractivity contribution < 1.29 is 19.7 Å². The first-order chi connectivity index (χ1) is 15.6. The van der Waals surface area contributed by atoms with E-state index in [1.54, 1.807) is 0 Å². The number of aliphatic hydroxyl groups excluding tert-OH is 2. The monoisotopic (exact) mass is 499 g/mol. The summed E-state index contributed by atoms with van der Waals surface area (Å²) in [6.45, 7) is 12.9. The molecule has 4 aliphatic rings. The molecule has 4 fully saturated rings. The zero-order chi connectivity index (χ0) is 24.0. The minimum Gasteiger partial charge on any atom is -0.465 e. The van der Waals surface area contributed by atoms with Gasteiger partial charge in [-0.2, -0.15) is 0 Å². The second-order valence-corrected chi connectivity index (χ2v) is 12.9. The van der Waals surface area contributed by atoms with Crippen molar-refractivity contribution in [2.45, 2.75) is 111 Å². The molecule has 0 aromatic rings. The van der Waals surface area contributed by atoms with Gasteiger partial charge in [0.15, 0.2) is 0 Å². The van der Waals surface area contributed by atoms with Gasteiger partial charge in [0.1, 0.15) is 0 Å². The number of halogens is 1. The minimum atomic E-state index is -0.616. The molecular formula is C28H50ClNO4. The predicted molar refractivity (Wildman–Crippen MR) is 138 cm³/mol. The van der Waals surface area contributed by atoms with E-state index in [2.05, 4.69) is 39.9 Å². The van der Waals surface area contributed by atoms with Crippen molar-refractivity contribution in [1.82, 2.24) is 5.32 Å². The molecule has 4 aliphatic carbocycles. The second-order valence-electron chi connectivity index (χ2n) is 12.9. The van der Waals surface area contributed by atoms with Gasteiger partial charge in [-0.3, -0.25) is 4.79 Å². The molecule has 0 aliphatic heterocycles. The lowest BCUT2D eigenvalue weighted by Crippen LogP contribution is -2.64. The standard InChI is InChI=1S/C28H49NO4.ClH/c1-6-13-33-26(32)21-10-9-20-19-8-7-18-14-23(30)24(31)16-27(18,4)25(19)22(15-28(20,21)5)29-12-11-17(2)3;/h17-25,29-31H,6-16H2,1-5H3;1H/t18?,19-,20-,21?,22?,23?,24?,25-,27-,28-;/m0./s1. The fourth-order valence-electron chi connectivity index (χ4n) is 8.91. The fourth-order valence-corrected chi connectivity index (χ4v) is 8.91. The number of rotatable bonds is 7. The number of fused-ring (bicyclic) bond motifs is 5. The number of ether oxygens (including phenoxy) is 1. The van der Waals surface area contributed by atoms with E-state index >= 15 is 0 Å². The van der Waals surface area contributed by atoms with Crippen LogP contribution in [-0.2, 0) is 9.53 Å². The fraction of sp³-hybridized carbons (Fsp3) is 0.964.